The summed E-state index contributed by atoms with van der Waals surface area (Å²) >= 11 is 4.07. The van der Waals surface area contributed by atoms with Crippen molar-refractivity contribution in [1.82, 2.24) is 9.80 Å². The van der Waals surface area contributed by atoms with Crippen molar-refractivity contribution < 1.29 is 4.79 Å². The smallest absolute Gasteiger partial charge is 0.253 e. The monoisotopic (exact) mass is 426 g/mol. The summed E-state index contributed by atoms with van der Waals surface area (Å²) in [7, 11) is 0. The maximum atomic E-state index is 12.6. The van der Waals surface area contributed by atoms with Crippen LogP contribution < -0.4 is 0 Å². The Labute approximate surface area is 149 Å². The summed E-state index contributed by atoms with van der Waals surface area (Å²) in [6.45, 7) is 4.69. The molecular formula is C17H19IN2OS. The molecular weight excluding hydrogens is 407 g/mol. The number of hydrogen-bond acceptors (Lipinski definition) is 3. The number of carbonyl (C=O) groups is 1. The molecule has 3 rings (SSSR count). The SMILES string of the molecule is O=C(c1ccc(I)cc1)N1CCCN(Cc2cccs2)CC1. The van der Waals surface area contributed by atoms with E-state index in [9.17, 15) is 4.79 Å². The Morgan fingerprint density at radius 1 is 1.09 bits per heavy atom. The number of nitrogens with zero attached hydrogens (tertiary/aromatic N) is 2. The molecule has 1 amide bonds. The number of benzene rings is 1. The topological polar surface area (TPSA) is 23.6 Å². The van der Waals surface area contributed by atoms with Gasteiger partial charge in [-0.05, 0) is 64.7 Å². The van der Waals surface area contributed by atoms with Gasteiger partial charge in [0, 0.05) is 46.7 Å². The molecule has 22 heavy (non-hydrogen) atoms. The second kappa shape index (κ2) is 7.57. The molecule has 5 heteroatoms. The van der Waals surface area contributed by atoms with E-state index in [-0.39, 0.29) is 5.91 Å². The fourth-order valence-corrected chi connectivity index (χ4v) is 3.84. The molecule has 3 nitrogen and oxygen atoms in total. The van der Waals surface area contributed by atoms with Gasteiger partial charge in [-0.15, -0.1) is 11.3 Å². The lowest BCUT2D eigenvalue weighted by molar-refractivity contribution is 0.0761. The summed E-state index contributed by atoms with van der Waals surface area (Å²) in [5.74, 6) is 0.161. The van der Waals surface area contributed by atoms with Crippen LogP contribution in [0.25, 0.3) is 0 Å². The third-order valence-corrected chi connectivity index (χ3v) is 5.51. The third-order valence-electron chi connectivity index (χ3n) is 3.93. The van der Waals surface area contributed by atoms with Gasteiger partial charge < -0.3 is 4.90 Å². The maximum absolute atomic E-state index is 12.6. The Bertz CT molecular complexity index is 612. The average Bonchev–Trinajstić information content (AvgIpc) is 2.92. The van der Waals surface area contributed by atoms with Crippen LogP contribution in [0.4, 0.5) is 0 Å². The van der Waals surface area contributed by atoms with E-state index < -0.39 is 0 Å². The van der Waals surface area contributed by atoms with Crippen molar-refractivity contribution in [3.63, 3.8) is 0 Å². The summed E-state index contributed by atoms with van der Waals surface area (Å²) in [6, 6.07) is 12.1. The first kappa shape index (κ1) is 16.0. The van der Waals surface area contributed by atoms with Crippen molar-refractivity contribution in [2.45, 2.75) is 13.0 Å². The first-order valence-corrected chi connectivity index (χ1v) is 9.48. The van der Waals surface area contributed by atoms with Crippen molar-refractivity contribution in [2.75, 3.05) is 26.2 Å². The van der Waals surface area contributed by atoms with E-state index in [1.807, 2.05) is 29.2 Å². The Morgan fingerprint density at radius 3 is 2.64 bits per heavy atom. The van der Waals surface area contributed by atoms with Gasteiger partial charge in [-0.3, -0.25) is 9.69 Å². The predicted molar refractivity (Wildman–Crippen MR) is 99.3 cm³/mol. The molecule has 0 bridgehead atoms. The molecule has 1 fully saturated rings. The molecule has 1 aliphatic heterocycles. The predicted octanol–water partition coefficient (Wildman–Crippen LogP) is 3.70. The zero-order valence-electron chi connectivity index (χ0n) is 12.4. The molecule has 0 aliphatic carbocycles. The zero-order chi connectivity index (χ0) is 15.4. The van der Waals surface area contributed by atoms with Gasteiger partial charge in [0.1, 0.15) is 0 Å². The minimum absolute atomic E-state index is 0.161. The highest BCUT2D eigenvalue weighted by molar-refractivity contribution is 14.1. The molecule has 1 aromatic carbocycles. The minimum Gasteiger partial charge on any atom is -0.337 e. The molecule has 0 saturated carbocycles. The van der Waals surface area contributed by atoms with Crippen LogP contribution in [0.1, 0.15) is 21.7 Å². The summed E-state index contributed by atoms with van der Waals surface area (Å²) < 4.78 is 1.16. The molecule has 1 aromatic heterocycles. The van der Waals surface area contributed by atoms with Gasteiger partial charge >= 0.3 is 0 Å². The van der Waals surface area contributed by atoms with Crippen LogP contribution in [0.15, 0.2) is 41.8 Å². The summed E-state index contributed by atoms with van der Waals surface area (Å²) in [4.78, 5) is 18.4. The number of halogens is 1. The van der Waals surface area contributed by atoms with E-state index in [0.717, 1.165) is 48.3 Å². The number of amides is 1. The van der Waals surface area contributed by atoms with E-state index in [1.54, 1.807) is 11.3 Å². The second-order valence-electron chi connectivity index (χ2n) is 5.51. The van der Waals surface area contributed by atoms with Crippen molar-refractivity contribution in [1.29, 1.82) is 0 Å². The van der Waals surface area contributed by atoms with Crippen LogP contribution in [0.2, 0.25) is 0 Å². The van der Waals surface area contributed by atoms with E-state index >= 15 is 0 Å². The van der Waals surface area contributed by atoms with Gasteiger partial charge in [-0.1, -0.05) is 6.07 Å². The minimum atomic E-state index is 0.161. The van der Waals surface area contributed by atoms with Crippen LogP contribution in [-0.2, 0) is 6.54 Å². The lowest BCUT2D eigenvalue weighted by Gasteiger charge is -2.21. The number of hydrogen-bond donors (Lipinski definition) is 0. The summed E-state index contributed by atoms with van der Waals surface area (Å²) in [5, 5.41) is 2.12. The quantitative estimate of drug-likeness (QED) is 0.699. The molecule has 0 unspecified atom stereocenters. The standard InChI is InChI=1S/C17H19IN2OS/c18-15-6-4-14(5-7-15)17(21)20-9-2-8-19(10-11-20)13-16-3-1-12-22-16/h1,3-7,12H,2,8-11,13H2. The van der Waals surface area contributed by atoms with Gasteiger partial charge in [0.25, 0.3) is 5.91 Å². The molecule has 2 heterocycles. The average molecular weight is 426 g/mol. The molecule has 0 atom stereocenters. The van der Waals surface area contributed by atoms with Crippen molar-refractivity contribution in [2.24, 2.45) is 0 Å². The third kappa shape index (κ3) is 4.08. The Morgan fingerprint density at radius 2 is 1.91 bits per heavy atom. The highest BCUT2D eigenvalue weighted by Gasteiger charge is 2.20. The van der Waals surface area contributed by atoms with Crippen molar-refractivity contribution >= 4 is 39.8 Å². The van der Waals surface area contributed by atoms with Crippen molar-refractivity contribution in [3.05, 3.63) is 55.8 Å². The summed E-state index contributed by atoms with van der Waals surface area (Å²) in [5.41, 5.74) is 0.798. The maximum Gasteiger partial charge on any atom is 0.253 e. The summed E-state index contributed by atoms with van der Waals surface area (Å²) in [6.07, 6.45) is 1.04. The fourth-order valence-electron chi connectivity index (χ4n) is 2.73. The van der Waals surface area contributed by atoms with Crippen LogP contribution in [0, 0.1) is 3.57 Å². The molecule has 0 N–H and O–H groups in total. The van der Waals surface area contributed by atoms with E-state index in [2.05, 4.69) is 45.0 Å². The first-order valence-electron chi connectivity index (χ1n) is 7.52. The zero-order valence-corrected chi connectivity index (χ0v) is 15.3. The van der Waals surface area contributed by atoms with Gasteiger partial charge in [0.05, 0.1) is 0 Å². The molecule has 1 saturated heterocycles. The van der Waals surface area contributed by atoms with Crippen molar-refractivity contribution in [3.8, 4) is 0 Å². The van der Waals surface area contributed by atoms with Crippen LogP contribution >= 0.6 is 33.9 Å². The highest BCUT2D eigenvalue weighted by atomic mass is 127. The Balaban J connectivity index is 1.60. The van der Waals surface area contributed by atoms with Gasteiger partial charge in [-0.2, -0.15) is 0 Å². The van der Waals surface area contributed by atoms with E-state index in [0.29, 0.717) is 0 Å². The molecule has 0 spiro atoms. The van der Waals surface area contributed by atoms with Crippen LogP contribution in [0.3, 0.4) is 0 Å². The first-order chi connectivity index (χ1) is 10.7. The normalized spacial score (nSPS) is 16.5. The molecule has 0 radical (unpaired) electrons. The lowest BCUT2D eigenvalue weighted by atomic mass is 10.2. The Hall–Kier alpha value is -0.920. The van der Waals surface area contributed by atoms with E-state index in [1.165, 1.54) is 4.88 Å². The fraction of sp³-hybridized carbons (Fsp3) is 0.353. The highest BCUT2D eigenvalue weighted by Crippen LogP contribution is 2.15. The largest absolute Gasteiger partial charge is 0.337 e. The van der Waals surface area contributed by atoms with Gasteiger partial charge in [-0.25, -0.2) is 0 Å². The molecule has 1 aliphatic rings. The van der Waals surface area contributed by atoms with Gasteiger partial charge in [0.15, 0.2) is 0 Å². The lowest BCUT2D eigenvalue weighted by Crippen LogP contribution is -2.35. The van der Waals surface area contributed by atoms with Crippen LogP contribution in [0.5, 0.6) is 0 Å². The van der Waals surface area contributed by atoms with Gasteiger partial charge in [0.2, 0.25) is 0 Å². The number of thiophene rings is 1. The van der Waals surface area contributed by atoms with Crippen LogP contribution in [-0.4, -0.2) is 41.9 Å². The number of carbonyl (C=O) groups excluding carboxylic acids is 1. The van der Waals surface area contributed by atoms with E-state index in [4.69, 9.17) is 0 Å². The molecule has 2 aromatic rings. The Kier molecular flexibility index (Phi) is 5.49. The number of rotatable bonds is 3. The second-order valence-corrected chi connectivity index (χ2v) is 7.79. The molecule has 116 valence electrons.